The molecule has 1 aromatic heterocycles. The molecule has 0 atom stereocenters. The van der Waals surface area contributed by atoms with E-state index in [0.29, 0.717) is 6.07 Å². The molecular weight excluding hydrogens is 231 g/mol. The van der Waals surface area contributed by atoms with Gasteiger partial charge in [0.2, 0.25) is 5.78 Å². The van der Waals surface area contributed by atoms with Crippen LogP contribution in [0.15, 0.2) is 36.5 Å². The fraction of sp³-hybridized carbons (Fsp3) is 0. The van der Waals surface area contributed by atoms with Crippen molar-refractivity contribution in [3.63, 3.8) is 0 Å². The van der Waals surface area contributed by atoms with Crippen molar-refractivity contribution >= 4 is 5.78 Å². The van der Waals surface area contributed by atoms with Gasteiger partial charge in [-0.05, 0) is 24.3 Å². The molecule has 2 aromatic rings. The normalized spacial score (nSPS) is 10.3. The van der Waals surface area contributed by atoms with Crippen molar-refractivity contribution in [2.24, 2.45) is 0 Å². The molecule has 2 rings (SSSR count). The molecule has 2 nitrogen and oxygen atoms in total. The zero-order valence-electron chi connectivity index (χ0n) is 8.45. The third-order valence-corrected chi connectivity index (χ3v) is 2.08. The van der Waals surface area contributed by atoms with Crippen molar-refractivity contribution < 1.29 is 18.0 Å². The first kappa shape index (κ1) is 11.3. The second kappa shape index (κ2) is 4.37. The summed E-state index contributed by atoms with van der Waals surface area (Å²) in [5, 5.41) is 0. The lowest BCUT2D eigenvalue weighted by Gasteiger charge is -2.01. The Hall–Kier alpha value is -2.17. The first-order valence-corrected chi connectivity index (χ1v) is 4.68. The fourth-order valence-electron chi connectivity index (χ4n) is 1.34. The number of hydrogen-bond acceptors (Lipinski definition) is 2. The second-order valence-corrected chi connectivity index (χ2v) is 3.35. The summed E-state index contributed by atoms with van der Waals surface area (Å²) in [5.41, 5.74) is -0.238. The van der Waals surface area contributed by atoms with Crippen LogP contribution in [-0.2, 0) is 0 Å². The molecule has 86 valence electrons. The van der Waals surface area contributed by atoms with Gasteiger partial charge in [-0.15, -0.1) is 0 Å². The van der Waals surface area contributed by atoms with Crippen LogP contribution >= 0.6 is 0 Å². The van der Waals surface area contributed by atoms with Crippen molar-refractivity contribution in [2.45, 2.75) is 0 Å². The van der Waals surface area contributed by atoms with Gasteiger partial charge in [0.25, 0.3) is 0 Å². The average Bonchev–Trinajstić information content (AvgIpc) is 2.28. The summed E-state index contributed by atoms with van der Waals surface area (Å²) in [6, 6.07) is 4.66. The molecule has 0 bridgehead atoms. The topological polar surface area (TPSA) is 30.0 Å². The van der Waals surface area contributed by atoms with Gasteiger partial charge in [-0.25, -0.2) is 18.2 Å². The van der Waals surface area contributed by atoms with Crippen molar-refractivity contribution in [3.8, 4) is 0 Å². The molecule has 0 N–H and O–H groups in total. The predicted octanol–water partition coefficient (Wildman–Crippen LogP) is 2.73. The maximum Gasteiger partial charge on any atom is 0.211 e. The standard InChI is InChI=1S/C12H6F3NO/c13-8-1-2-11(16-6-8)12(17)7-3-9(14)5-10(15)4-7/h1-6H. The lowest BCUT2D eigenvalue weighted by molar-refractivity contribution is 0.103. The summed E-state index contributed by atoms with van der Waals surface area (Å²) < 4.78 is 38.4. The Labute approximate surface area is 94.7 Å². The number of carbonyl (C=O) groups is 1. The van der Waals surface area contributed by atoms with Gasteiger partial charge in [0.05, 0.1) is 6.20 Å². The summed E-state index contributed by atoms with van der Waals surface area (Å²) >= 11 is 0. The zero-order valence-corrected chi connectivity index (χ0v) is 8.45. The van der Waals surface area contributed by atoms with Crippen LogP contribution in [0.2, 0.25) is 0 Å². The van der Waals surface area contributed by atoms with E-state index in [4.69, 9.17) is 0 Å². The molecule has 0 unspecified atom stereocenters. The van der Waals surface area contributed by atoms with E-state index in [2.05, 4.69) is 4.98 Å². The summed E-state index contributed by atoms with van der Waals surface area (Å²) in [6.07, 6.45) is 0.864. The van der Waals surface area contributed by atoms with Crippen LogP contribution in [-0.4, -0.2) is 10.8 Å². The second-order valence-electron chi connectivity index (χ2n) is 3.35. The molecule has 0 saturated carbocycles. The fourth-order valence-corrected chi connectivity index (χ4v) is 1.34. The first-order chi connectivity index (χ1) is 8.06. The molecule has 0 fully saturated rings. The van der Waals surface area contributed by atoms with Gasteiger partial charge in [-0.1, -0.05) is 0 Å². The van der Waals surface area contributed by atoms with Gasteiger partial charge in [0.15, 0.2) is 0 Å². The van der Waals surface area contributed by atoms with Crippen LogP contribution in [0.25, 0.3) is 0 Å². The van der Waals surface area contributed by atoms with Crippen molar-refractivity contribution in [2.75, 3.05) is 0 Å². The maximum atomic E-state index is 12.9. The Balaban J connectivity index is 2.40. The first-order valence-electron chi connectivity index (χ1n) is 4.68. The number of halogens is 3. The molecule has 0 aliphatic carbocycles. The van der Waals surface area contributed by atoms with E-state index in [1.54, 1.807) is 0 Å². The number of hydrogen-bond donors (Lipinski definition) is 0. The highest BCUT2D eigenvalue weighted by molar-refractivity contribution is 6.07. The van der Waals surface area contributed by atoms with E-state index in [9.17, 15) is 18.0 Å². The highest BCUT2D eigenvalue weighted by Crippen LogP contribution is 2.12. The molecule has 0 radical (unpaired) electrons. The number of pyridine rings is 1. The van der Waals surface area contributed by atoms with E-state index in [-0.39, 0.29) is 11.3 Å². The highest BCUT2D eigenvalue weighted by atomic mass is 19.1. The van der Waals surface area contributed by atoms with Crippen molar-refractivity contribution in [1.29, 1.82) is 0 Å². The summed E-state index contributed by atoms with van der Waals surface area (Å²) in [4.78, 5) is 15.3. The van der Waals surface area contributed by atoms with Gasteiger partial charge in [0.1, 0.15) is 23.1 Å². The predicted molar refractivity (Wildman–Crippen MR) is 54.0 cm³/mol. The summed E-state index contributed by atoms with van der Waals surface area (Å²) in [6.45, 7) is 0. The average molecular weight is 237 g/mol. The highest BCUT2D eigenvalue weighted by Gasteiger charge is 2.12. The Morgan fingerprint density at radius 3 is 2.12 bits per heavy atom. The van der Waals surface area contributed by atoms with E-state index in [1.807, 2.05) is 0 Å². The van der Waals surface area contributed by atoms with Crippen LogP contribution in [0.3, 0.4) is 0 Å². The monoisotopic (exact) mass is 237 g/mol. The molecule has 1 aromatic carbocycles. The van der Waals surface area contributed by atoms with E-state index < -0.39 is 23.2 Å². The van der Waals surface area contributed by atoms with Crippen molar-refractivity contribution in [1.82, 2.24) is 4.98 Å². The Kier molecular flexibility index (Phi) is 2.91. The molecule has 0 aliphatic rings. The van der Waals surface area contributed by atoms with E-state index in [1.165, 1.54) is 0 Å². The van der Waals surface area contributed by atoms with Crippen LogP contribution in [0.5, 0.6) is 0 Å². The third-order valence-electron chi connectivity index (χ3n) is 2.08. The Morgan fingerprint density at radius 1 is 0.941 bits per heavy atom. The smallest absolute Gasteiger partial charge is 0.211 e. The molecule has 17 heavy (non-hydrogen) atoms. The van der Waals surface area contributed by atoms with E-state index in [0.717, 1.165) is 30.5 Å². The number of aromatic nitrogens is 1. The molecule has 1 heterocycles. The summed E-state index contributed by atoms with van der Waals surface area (Å²) in [7, 11) is 0. The molecule has 0 aliphatic heterocycles. The van der Waals surface area contributed by atoms with Crippen LogP contribution < -0.4 is 0 Å². The van der Waals surface area contributed by atoms with Crippen LogP contribution in [0.1, 0.15) is 16.1 Å². The third kappa shape index (κ3) is 2.50. The Morgan fingerprint density at radius 2 is 1.59 bits per heavy atom. The lowest BCUT2D eigenvalue weighted by Crippen LogP contribution is -2.05. The zero-order chi connectivity index (χ0) is 12.4. The molecule has 0 amide bonds. The number of ketones is 1. The quantitative estimate of drug-likeness (QED) is 0.751. The van der Waals surface area contributed by atoms with Crippen molar-refractivity contribution in [3.05, 3.63) is 65.2 Å². The molecular formula is C12H6F3NO. The largest absolute Gasteiger partial charge is 0.287 e. The van der Waals surface area contributed by atoms with Gasteiger partial charge in [-0.3, -0.25) is 4.79 Å². The number of nitrogens with zero attached hydrogens (tertiary/aromatic N) is 1. The SMILES string of the molecule is O=C(c1cc(F)cc(F)c1)c1ccc(F)cn1. The minimum Gasteiger partial charge on any atom is -0.287 e. The van der Waals surface area contributed by atoms with Crippen LogP contribution in [0, 0.1) is 17.5 Å². The molecule has 0 saturated heterocycles. The minimum atomic E-state index is -0.851. The van der Waals surface area contributed by atoms with E-state index >= 15 is 0 Å². The molecule has 0 spiro atoms. The van der Waals surface area contributed by atoms with Gasteiger partial charge >= 0.3 is 0 Å². The van der Waals surface area contributed by atoms with Crippen LogP contribution in [0.4, 0.5) is 13.2 Å². The van der Waals surface area contributed by atoms with Gasteiger partial charge < -0.3 is 0 Å². The lowest BCUT2D eigenvalue weighted by atomic mass is 10.1. The minimum absolute atomic E-state index is 0.0728. The number of benzene rings is 1. The summed E-state index contributed by atoms with van der Waals surface area (Å²) in [5.74, 6) is -2.96. The Bertz CT molecular complexity index is 546. The van der Waals surface area contributed by atoms with Gasteiger partial charge in [-0.2, -0.15) is 0 Å². The van der Waals surface area contributed by atoms with Gasteiger partial charge in [0, 0.05) is 11.6 Å². The maximum absolute atomic E-state index is 12.9. The number of rotatable bonds is 2. The molecule has 5 heteroatoms. The number of carbonyl (C=O) groups excluding carboxylic acids is 1.